The van der Waals surface area contributed by atoms with Crippen LogP contribution < -0.4 is 20.7 Å². The van der Waals surface area contributed by atoms with Crippen molar-refractivity contribution < 1.29 is 33.8 Å². The quantitative estimate of drug-likeness (QED) is 0.105. The van der Waals surface area contributed by atoms with Crippen molar-refractivity contribution in [2.45, 2.75) is 111 Å². The van der Waals surface area contributed by atoms with Crippen LogP contribution in [0.25, 0.3) is 0 Å². The molecule has 10 nitrogen and oxygen atoms in total. The lowest BCUT2D eigenvalue weighted by atomic mass is 9.83. The maximum atomic E-state index is 14.0. The van der Waals surface area contributed by atoms with E-state index < -0.39 is 35.8 Å². The third-order valence-corrected chi connectivity index (χ3v) is 8.77. The summed E-state index contributed by atoms with van der Waals surface area (Å²) in [7, 11) is 0. The molecule has 53 heavy (non-hydrogen) atoms. The molecule has 288 valence electrons. The van der Waals surface area contributed by atoms with Gasteiger partial charge in [-0.25, -0.2) is 4.79 Å². The highest BCUT2D eigenvalue weighted by Crippen LogP contribution is 2.24. The number of nitrogens with one attached hydrogen (secondary N) is 3. The number of hydrogen-bond donors (Lipinski definition) is 4. The SMILES string of the molecule is Cc1cccc(C)c1OCC(=O)N[C@@H](Cc1ccccc1)C[C@H](O)[C@@H](CC(=O)[C@H](CC(C)C)NC(=O)CCNC(=O)OC(C)(C)C)Cc1ccccc1. The number of Topliss-reactive ketones (excluding diaryl/α,β-unsaturated/α-hetero) is 1. The van der Waals surface area contributed by atoms with Crippen molar-refractivity contribution in [3.05, 3.63) is 101 Å². The second kappa shape index (κ2) is 21.1. The molecule has 0 unspecified atom stereocenters. The summed E-state index contributed by atoms with van der Waals surface area (Å²) in [5.41, 5.74) is 3.17. The second-order valence-electron chi connectivity index (χ2n) is 15.3. The molecule has 0 saturated heterocycles. The first-order valence-electron chi connectivity index (χ1n) is 18.6. The van der Waals surface area contributed by atoms with Crippen LogP contribution in [0, 0.1) is 25.7 Å². The van der Waals surface area contributed by atoms with Gasteiger partial charge in [-0.2, -0.15) is 0 Å². The summed E-state index contributed by atoms with van der Waals surface area (Å²) in [5.74, 6) is -0.570. The summed E-state index contributed by atoms with van der Waals surface area (Å²) in [6, 6.07) is 24.0. The van der Waals surface area contributed by atoms with Gasteiger partial charge in [0.15, 0.2) is 12.4 Å². The highest BCUT2D eigenvalue weighted by molar-refractivity contribution is 5.89. The molecule has 4 N–H and O–H groups in total. The zero-order valence-electron chi connectivity index (χ0n) is 32.4. The Morgan fingerprint density at radius 2 is 1.34 bits per heavy atom. The van der Waals surface area contributed by atoms with E-state index in [-0.39, 0.29) is 55.9 Å². The molecule has 0 aliphatic carbocycles. The lowest BCUT2D eigenvalue weighted by Gasteiger charge is -2.29. The fourth-order valence-electron chi connectivity index (χ4n) is 6.27. The largest absolute Gasteiger partial charge is 0.483 e. The predicted molar refractivity (Wildman–Crippen MR) is 208 cm³/mol. The Balaban J connectivity index is 1.75. The first kappa shape index (κ1) is 42.7. The van der Waals surface area contributed by atoms with E-state index in [9.17, 15) is 24.3 Å². The molecule has 0 saturated carbocycles. The topological polar surface area (TPSA) is 143 Å². The molecule has 10 heteroatoms. The lowest BCUT2D eigenvalue weighted by Crippen LogP contribution is -2.45. The zero-order chi connectivity index (χ0) is 39.0. The molecule has 0 spiro atoms. The van der Waals surface area contributed by atoms with Gasteiger partial charge in [-0.05, 0) is 94.4 Å². The first-order valence-corrected chi connectivity index (χ1v) is 18.6. The van der Waals surface area contributed by atoms with E-state index in [2.05, 4.69) is 16.0 Å². The highest BCUT2D eigenvalue weighted by atomic mass is 16.6. The summed E-state index contributed by atoms with van der Waals surface area (Å²) in [5, 5.41) is 20.4. The Bertz CT molecular complexity index is 1580. The van der Waals surface area contributed by atoms with Gasteiger partial charge in [-0.3, -0.25) is 14.4 Å². The molecule has 0 radical (unpaired) electrons. The van der Waals surface area contributed by atoms with E-state index in [4.69, 9.17) is 9.47 Å². The standard InChI is InChI=1S/C43H59N3O7/c1-29(2)23-36(46-39(49)21-22-44-42(51)53-43(5,6)7)38(48)26-34(24-32-17-10-8-11-18-32)37(47)27-35(25-33-19-12-9-13-20-33)45-40(50)28-52-41-30(3)15-14-16-31(41)4/h8-20,29,34-37,47H,21-28H2,1-7H3,(H,44,51)(H,45,50)(H,46,49)/t34-,35+,36+,37+/m1/s1. The van der Waals surface area contributed by atoms with Crippen LogP contribution in [0.2, 0.25) is 0 Å². The molecule has 0 heterocycles. The van der Waals surface area contributed by atoms with Gasteiger partial charge in [0.25, 0.3) is 5.91 Å². The fraction of sp³-hybridized carbons (Fsp3) is 0.488. The van der Waals surface area contributed by atoms with E-state index in [1.54, 1.807) is 20.8 Å². The van der Waals surface area contributed by atoms with Crippen molar-refractivity contribution in [3.63, 3.8) is 0 Å². The van der Waals surface area contributed by atoms with Crippen LogP contribution in [-0.2, 0) is 32.0 Å². The number of carbonyl (C=O) groups is 4. The van der Waals surface area contributed by atoms with Gasteiger partial charge in [0.05, 0.1) is 12.1 Å². The van der Waals surface area contributed by atoms with Crippen molar-refractivity contribution in [1.82, 2.24) is 16.0 Å². The summed E-state index contributed by atoms with van der Waals surface area (Å²) in [4.78, 5) is 52.3. The Hall–Kier alpha value is -4.70. The fourth-order valence-corrected chi connectivity index (χ4v) is 6.27. The number of ether oxygens (including phenoxy) is 2. The van der Waals surface area contributed by atoms with Crippen molar-refractivity contribution >= 4 is 23.7 Å². The minimum absolute atomic E-state index is 0.0194. The number of benzene rings is 3. The van der Waals surface area contributed by atoms with Gasteiger partial charge in [-0.1, -0.05) is 92.7 Å². The number of amides is 3. The molecule has 4 atom stereocenters. The van der Waals surface area contributed by atoms with Crippen molar-refractivity contribution in [1.29, 1.82) is 0 Å². The number of rotatable bonds is 20. The molecule has 0 aromatic heterocycles. The van der Waals surface area contributed by atoms with E-state index >= 15 is 0 Å². The number of hydrogen-bond acceptors (Lipinski definition) is 7. The van der Waals surface area contributed by atoms with Gasteiger partial charge in [-0.15, -0.1) is 0 Å². The first-order chi connectivity index (χ1) is 25.1. The van der Waals surface area contributed by atoms with Crippen LogP contribution in [0.3, 0.4) is 0 Å². The molecule has 0 fully saturated rings. The minimum Gasteiger partial charge on any atom is -0.483 e. The Labute approximate surface area is 315 Å². The number of ketones is 1. The number of aliphatic hydroxyl groups is 1. The van der Waals surface area contributed by atoms with Crippen LogP contribution in [0.4, 0.5) is 4.79 Å². The monoisotopic (exact) mass is 729 g/mol. The van der Waals surface area contributed by atoms with Crippen molar-refractivity contribution in [2.75, 3.05) is 13.2 Å². The molecule has 3 aromatic rings. The average Bonchev–Trinajstić information content (AvgIpc) is 3.07. The van der Waals surface area contributed by atoms with Gasteiger partial charge < -0.3 is 30.5 Å². The normalized spacial score (nSPS) is 13.7. The van der Waals surface area contributed by atoms with Crippen LogP contribution in [0.1, 0.15) is 82.6 Å². The lowest BCUT2D eigenvalue weighted by molar-refractivity contribution is -0.129. The van der Waals surface area contributed by atoms with E-state index in [0.717, 1.165) is 22.3 Å². The Kier molecular flexibility index (Phi) is 17.0. The van der Waals surface area contributed by atoms with Gasteiger partial charge >= 0.3 is 6.09 Å². The summed E-state index contributed by atoms with van der Waals surface area (Å²) in [6.07, 6.45) is -0.0522. The van der Waals surface area contributed by atoms with Crippen LogP contribution in [0.5, 0.6) is 5.75 Å². The number of alkyl carbamates (subject to hydrolysis) is 1. The molecule has 0 aliphatic rings. The molecule has 3 rings (SSSR count). The summed E-state index contributed by atoms with van der Waals surface area (Å²) in [6.45, 7) is 13.0. The molecular formula is C43H59N3O7. The molecule has 0 aliphatic heterocycles. The Morgan fingerprint density at radius 1 is 0.755 bits per heavy atom. The summed E-state index contributed by atoms with van der Waals surface area (Å²) < 4.78 is 11.2. The zero-order valence-corrected chi connectivity index (χ0v) is 32.4. The van der Waals surface area contributed by atoms with Gasteiger partial charge in [0.1, 0.15) is 11.4 Å². The molecule has 3 amide bonds. The maximum Gasteiger partial charge on any atom is 0.407 e. The second-order valence-corrected chi connectivity index (χ2v) is 15.3. The van der Waals surface area contributed by atoms with E-state index in [1.807, 2.05) is 107 Å². The molecule has 3 aromatic carbocycles. The van der Waals surface area contributed by atoms with Crippen molar-refractivity contribution in [2.24, 2.45) is 11.8 Å². The number of carbonyl (C=O) groups excluding carboxylic acids is 4. The van der Waals surface area contributed by atoms with E-state index in [0.29, 0.717) is 25.0 Å². The minimum atomic E-state index is -0.957. The van der Waals surface area contributed by atoms with E-state index in [1.165, 1.54) is 0 Å². The van der Waals surface area contributed by atoms with Crippen molar-refractivity contribution in [3.8, 4) is 5.75 Å². The number of aryl methyl sites for hydroxylation is 2. The van der Waals surface area contributed by atoms with Gasteiger partial charge in [0, 0.05) is 25.4 Å². The highest BCUT2D eigenvalue weighted by Gasteiger charge is 2.30. The summed E-state index contributed by atoms with van der Waals surface area (Å²) >= 11 is 0. The van der Waals surface area contributed by atoms with Crippen LogP contribution in [-0.4, -0.2) is 65.7 Å². The maximum absolute atomic E-state index is 14.0. The van der Waals surface area contributed by atoms with Crippen LogP contribution >= 0.6 is 0 Å². The molecule has 0 bridgehead atoms. The predicted octanol–water partition coefficient (Wildman–Crippen LogP) is 6.42. The third kappa shape index (κ3) is 16.2. The van der Waals surface area contributed by atoms with Crippen LogP contribution in [0.15, 0.2) is 78.9 Å². The average molecular weight is 730 g/mol. The number of para-hydroxylation sites is 1. The Morgan fingerprint density at radius 3 is 1.91 bits per heavy atom. The number of aliphatic hydroxyl groups excluding tert-OH is 1. The third-order valence-electron chi connectivity index (χ3n) is 8.77. The molecular weight excluding hydrogens is 670 g/mol. The smallest absolute Gasteiger partial charge is 0.407 e. The van der Waals surface area contributed by atoms with Gasteiger partial charge in [0.2, 0.25) is 5.91 Å².